The summed E-state index contributed by atoms with van der Waals surface area (Å²) in [4.78, 5) is 20.6. The van der Waals surface area contributed by atoms with Gasteiger partial charge in [0.1, 0.15) is 5.69 Å². The highest BCUT2D eigenvalue weighted by atomic mass is 16.2. The van der Waals surface area contributed by atoms with Crippen LogP contribution in [0, 0.1) is 11.8 Å². The lowest BCUT2D eigenvalue weighted by molar-refractivity contribution is 0.0777. The van der Waals surface area contributed by atoms with Crippen molar-refractivity contribution in [2.75, 3.05) is 33.8 Å². The molecule has 0 bridgehead atoms. The van der Waals surface area contributed by atoms with Gasteiger partial charge in [0.15, 0.2) is 0 Å². The van der Waals surface area contributed by atoms with Gasteiger partial charge < -0.3 is 14.9 Å². The molecule has 1 saturated heterocycles. The third-order valence-electron chi connectivity index (χ3n) is 3.63. The van der Waals surface area contributed by atoms with Gasteiger partial charge in [0, 0.05) is 37.3 Å². The van der Waals surface area contributed by atoms with Crippen molar-refractivity contribution in [1.82, 2.24) is 14.8 Å². The topological polar surface area (TPSA) is 56.7 Å². The second-order valence-corrected chi connectivity index (χ2v) is 5.36. The van der Waals surface area contributed by atoms with Gasteiger partial charge in [-0.3, -0.25) is 4.79 Å². The number of hydrogen-bond acceptors (Lipinski definition) is 4. The third-order valence-corrected chi connectivity index (χ3v) is 3.63. The molecule has 1 aromatic rings. The molecule has 21 heavy (non-hydrogen) atoms. The maximum atomic E-state index is 12.4. The summed E-state index contributed by atoms with van der Waals surface area (Å²) in [5.41, 5.74) is 1.22. The number of hydrogen-bond donors (Lipinski definition) is 1. The zero-order chi connectivity index (χ0) is 15.2. The summed E-state index contributed by atoms with van der Waals surface area (Å²) in [5, 5.41) is 8.67. The molecule has 1 atom stereocenters. The molecule has 1 aliphatic rings. The molecule has 2 rings (SSSR count). The number of aliphatic hydroxyl groups is 1. The van der Waals surface area contributed by atoms with Gasteiger partial charge in [0.25, 0.3) is 5.91 Å². The van der Waals surface area contributed by atoms with Crippen molar-refractivity contribution in [1.29, 1.82) is 0 Å². The first-order chi connectivity index (χ1) is 10.1. The minimum Gasteiger partial charge on any atom is -0.395 e. The molecule has 1 amide bonds. The lowest BCUT2D eigenvalue weighted by Gasteiger charge is -2.20. The van der Waals surface area contributed by atoms with E-state index in [0.29, 0.717) is 18.2 Å². The van der Waals surface area contributed by atoms with Gasteiger partial charge in [-0.2, -0.15) is 0 Å². The molecule has 0 spiro atoms. The summed E-state index contributed by atoms with van der Waals surface area (Å²) in [6.07, 6.45) is 3.06. The maximum absolute atomic E-state index is 12.4. The Hall–Kier alpha value is -1.90. The Balaban J connectivity index is 1.99. The van der Waals surface area contributed by atoms with Crippen LogP contribution >= 0.6 is 0 Å². The fourth-order valence-corrected chi connectivity index (χ4v) is 2.32. The number of carbonyl (C=O) groups excluding carboxylic acids is 1. The van der Waals surface area contributed by atoms with E-state index >= 15 is 0 Å². The maximum Gasteiger partial charge on any atom is 0.272 e. The van der Waals surface area contributed by atoms with Crippen LogP contribution in [0.1, 0.15) is 28.9 Å². The van der Waals surface area contributed by atoms with Gasteiger partial charge >= 0.3 is 0 Å². The van der Waals surface area contributed by atoms with E-state index < -0.39 is 0 Å². The van der Waals surface area contributed by atoms with E-state index in [1.807, 2.05) is 19.0 Å². The van der Waals surface area contributed by atoms with Crippen molar-refractivity contribution < 1.29 is 9.90 Å². The van der Waals surface area contributed by atoms with Gasteiger partial charge in [0.05, 0.1) is 6.61 Å². The first kappa shape index (κ1) is 15.5. The van der Waals surface area contributed by atoms with Crippen LogP contribution in [-0.2, 0) is 0 Å². The van der Waals surface area contributed by atoms with Crippen LogP contribution in [0.2, 0.25) is 0 Å². The molecule has 0 aliphatic carbocycles. The summed E-state index contributed by atoms with van der Waals surface area (Å²) in [5.74, 6) is 5.71. The summed E-state index contributed by atoms with van der Waals surface area (Å²) >= 11 is 0. The molecule has 5 heteroatoms. The van der Waals surface area contributed by atoms with E-state index in [1.165, 1.54) is 0 Å². The molecule has 1 fully saturated rings. The number of pyridine rings is 1. The van der Waals surface area contributed by atoms with Crippen molar-refractivity contribution in [3.05, 3.63) is 29.6 Å². The van der Waals surface area contributed by atoms with E-state index in [2.05, 4.69) is 21.7 Å². The number of aromatic nitrogens is 1. The fraction of sp³-hybridized carbons (Fsp3) is 0.500. The highest BCUT2D eigenvalue weighted by Crippen LogP contribution is 2.15. The number of carbonyl (C=O) groups is 1. The van der Waals surface area contributed by atoms with Crippen LogP contribution in [0.25, 0.3) is 0 Å². The molecule has 1 N–H and O–H groups in total. The Kier molecular flexibility index (Phi) is 5.32. The normalized spacial score (nSPS) is 17.7. The van der Waals surface area contributed by atoms with E-state index in [9.17, 15) is 4.79 Å². The number of likely N-dealkylation sites (N-methyl/N-ethyl adjacent to an activating group) is 1. The van der Waals surface area contributed by atoms with Crippen LogP contribution in [-0.4, -0.2) is 65.6 Å². The van der Waals surface area contributed by atoms with Gasteiger partial charge in [0.2, 0.25) is 0 Å². The summed E-state index contributed by atoms with van der Waals surface area (Å²) < 4.78 is 0. The average Bonchev–Trinajstić information content (AvgIpc) is 2.97. The minimum absolute atomic E-state index is 0.0192. The Morgan fingerprint density at radius 2 is 2.33 bits per heavy atom. The van der Waals surface area contributed by atoms with Crippen LogP contribution in [0.5, 0.6) is 0 Å². The second kappa shape index (κ2) is 7.21. The lowest BCUT2D eigenvalue weighted by Crippen LogP contribution is -2.34. The predicted molar refractivity (Wildman–Crippen MR) is 80.8 cm³/mol. The lowest BCUT2D eigenvalue weighted by atomic mass is 10.2. The summed E-state index contributed by atoms with van der Waals surface area (Å²) in [7, 11) is 4.08. The van der Waals surface area contributed by atoms with E-state index in [4.69, 9.17) is 5.11 Å². The fourth-order valence-electron chi connectivity index (χ4n) is 2.32. The van der Waals surface area contributed by atoms with Crippen molar-refractivity contribution >= 4 is 5.91 Å². The van der Waals surface area contributed by atoms with Crippen molar-refractivity contribution in [3.8, 4) is 11.8 Å². The van der Waals surface area contributed by atoms with Crippen LogP contribution < -0.4 is 0 Å². The quantitative estimate of drug-likeness (QED) is 0.827. The first-order valence-corrected chi connectivity index (χ1v) is 7.13. The molecule has 5 nitrogen and oxygen atoms in total. The molecule has 0 saturated carbocycles. The number of aliphatic hydroxyl groups excluding tert-OH is 1. The van der Waals surface area contributed by atoms with Gasteiger partial charge in [-0.15, -0.1) is 0 Å². The minimum atomic E-state index is -0.0192. The molecular weight excluding hydrogens is 266 g/mol. The number of likely N-dealkylation sites (tertiary alicyclic amines) is 1. The van der Waals surface area contributed by atoms with Gasteiger partial charge in [-0.05, 0) is 32.6 Å². The molecule has 2 heterocycles. The predicted octanol–water partition coefficient (Wildman–Crippen LogP) is 0.592. The summed E-state index contributed by atoms with van der Waals surface area (Å²) in [6, 6.07) is 3.94. The second-order valence-electron chi connectivity index (χ2n) is 5.36. The number of nitrogens with zero attached hydrogens (tertiary/aromatic N) is 3. The van der Waals surface area contributed by atoms with Crippen LogP contribution in [0.4, 0.5) is 0 Å². The average molecular weight is 287 g/mol. The van der Waals surface area contributed by atoms with Gasteiger partial charge in [-0.25, -0.2) is 4.98 Å². The molecular formula is C16H21N3O2. The van der Waals surface area contributed by atoms with Crippen LogP contribution in [0.15, 0.2) is 18.3 Å². The summed E-state index contributed by atoms with van der Waals surface area (Å²) in [6.45, 7) is 1.59. The Labute approximate surface area is 125 Å². The van der Waals surface area contributed by atoms with E-state index in [0.717, 1.165) is 25.1 Å². The van der Waals surface area contributed by atoms with E-state index in [1.54, 1.807) is 18.3 Å². The van der Waals surface area contributed by atoms with Gasteiger partial charge in [-0.1, -0.05) is 11.8 Å². The number of amides is 1. The number of rotatable bonds is 3. The van der Waals surface area contributed by atoms with Crippen LogP contribution in [0.3, 0.4) is 0 Å². The van der Waals surface area contributed by atoms with Crippen molar-refractivity contribution in [2.45, 2.75) is 18.9 Å². The standard InChI is InChI=1S/C16H21N3O2/c1-18(2)14-8-9-19(12-14)16(21)15-7-6-13(11-17-15)5-3-4-10-20/h6-7,11,14,20H,4,8-10,12H2,1-2H3. The molecule has 1 aromatic heterocycles. The molecule has 112 valence electrons. The smallest absolute Gasteiger partial charge is 0.272 e. The highest BCUT2D eigenvalue weighted by molar-refractivity contribution is 5.92. The Bertz CT molecular complexity index is 543. The third kappa shape index (κ3) is 4.03. The highest BCUT2D eigenvalue weighted by Gasteiger charge is 2.28. The largest absolute Gasteiger partial charge is 0.395 e. The Morgan fingerprint density at radius 1 is 1.52 bits per heavy atom. The Morgan fingerprint density at radius 3 is 2.90 bits per heavy atom. The molecule has 0 aromatic carbocycles. The molecule has 1 unspecified atom stereocenters. The zero-order valence-electron chi connectivity index (χ0n) is 12.5. The monoisotopic (exact) mass is 287 g/mol. The van der Waals surface area contributed by atoms with Crippen molar-refractivity contribution in [2.24, 2.45) is 0 Å². The first-order valence-electron chi connectivity index (χ1n) is 7.13. The SMILES string of the molecule is CN(C)C1CCN(C(=O)c2ccc(C#CCCO)cn2)C1. The zero-order valence-corrected chi connectivity index (χ0v) is 12.5. The molecule has 0 radical (unpaired) electrons. The van der Waals surface area contributed by atoms with Crippen molar-refractivity contribution in [3.63, 3.8) is 0 Å². The molecule has 1 aliphatic heterocycles. The van der Waals surface area contributed by atoms with E-state index in [-0.39, 0.29) is 12.5 Å².